The van der Waals surface area contributed by atoms with E-state index in [0.29, 0.717) is 21.5 Å². The summed E-state index contributed by atoms with van der Waals surface area (Å²) in [5.74, 6) is 0. The van der Waals surface area contributed by atoms with E-state index in [1.54, 1.807) is 6.07 Å². The first-order chi connectivity index (χ1) is 8.66. The molecule has 0 fully saturated rings. The van der Waals surface area contributed by atoms with E-state index in [0.717, 1.165) is 18.5 Å². The normalized spacial score (nSPS) is 13.9. The Labute approximate surface area is 117 Å². The molecule has 0 aromatic heterocycles. The Balaban J connectivity index is 2.01. The zero-order valence-electron chi connectivity index (χ0n) is 9.74. The Bertz CT molecular complexity index is 523. The number of nitrogens with one attached hydrogen (secondary N) is 2. The molecule has 1 aliphatic rings. The van der Waals surface area contributed by atoms with Crippen molar-refractivity contribution >= 4 is 40.3 Å². The van der Waals surface area contributed by atoms with Gasteiger partial charge in [0.05, 0.1) is 16.4 Å². The summed E-state index contributed by atoms with van der Waals surface area (Å²) in [4.78, 5) is 0. The van der Waals surface area contributed by atoms with Crippen LogP contribution >= 0.6 is 23.8 Å². The van der Waals surface area contributed by atoms with Crippen LogP contribution in [-0.4, -0.2) is 5.11 Å². The van der Waals surface area contributed by atoms with Crippen LogP contribution in [0.15, 0.2) is 42.1 Å². The van der Waals surface area contributed by atoms with Crippen molar-refractivity contribution in [2.45, 2.75) is 12.8 Å². The van der Waals surface area contributed by atoms with Crippen molar-refractivity contribution in [2.24, 2.45) is 0 Å². The lowest BCUT2D eigenvalue weighted by molar-refractivity contribution is 0.987. The van der Waals surface area contributed by atoms with Gasteiger partial charge in [0.2, 0.25) is 0 Å². The van der Waals surface area contributed by atoms with Crippen molar-refractivity contribution in [2.75, 3.05) is 11.1 Å². The van der Waals surface area contributed by atoms with Crippen LogP contribution in [0.1, 0.15) is 12.8 Å². The highest BCUT2D eigenvalue weighted by Crippen LogP contribution is 2.26. The molecule has 0 amide bonds. The summed E-state index contributed by atoms with van der Waals surface area (Å²) in [6, 6.07) is 5.40. The van der Waals surface area contributed by atoms with Gasteiger partial charge in [-0.2, -0.15) is 0 Å². The van der Waals surface area contributed by atoms with Gasteiger partial charge < -0.3 is 16.4 Å². The van der Waals surface area contributed by atoms with E-state index in [9.17, 15) is 0 Å². The molecular formula is C13H14ClN3S. The molecule has 0 unspecified atom stereocenters. The highest BCUT2D eigenvalue weighted by molar-refractivity contribution is 7.80. The van der Waals surface area contributed by atoms with Crippen LogP contribution in [0.3, 0.4) is 0 Å². The van der Waals surface area contributed by atoms with Gasteiger partial charge in [0.1, 0.15) is 0 Å². The molecule has 1 aliphatic carbocycles. The molecule has 0 aliphatic heterocycles. The van der Waals surface area contributed by atoms with Gasteiger partial charge in [-0.25, -0.2) is 0 Å². The number of rotatable bonds is 2. The quantitative estimate of drug-likeness (QED) is 0.573. The lowest BCUT2D eigenvalue weighted by Crippen LogP contribution is -2.27. The summed E-state index contributed by atoms with van der Waals surface area (Å²) >= 11 is 11.2. The maximum absolute atomic E-state index is 5.94. The summed E-state index contributed by atoms with van der Waals surface area (Å²) in [5.41, 5.74) is 8.06. The van der Waals surface area contributed by atoms with Crippen molar-refractivity contribution in [3.05, 3.63) is 47.1 Å². The summed E-state index contributed by atoms with van der Waals surface area (Å²) < 4.78 is 0. The maximum Gasteiger partial charge on any atom is 0.175 e. The molecule has 0 bridgehead atoms. The van der Waals surface area contributed by atoms with E-state index in [-0.39, 0.29) is 0 Å². The molecular weight excluding hydrogens is 266 g/mol. The van der Waals surface area contributed by atoms with Gasteiger partial charge in [-0.05, 0) is 43.3 Å². The average Bonchev–Trinajstić information content (AvgIpc) is 2.36. The van der Waals surface area contributed by atoms with Crippen LogP contribution in [-0.2, 0) is 0 Å². The Morgan fingerprint density at radius 1 is 1.28 bits per heavy atom. The standard InChI is InChI=1S/C13H14ClN3S/c14-10-7-4-8-11(12(10)15)17-13(18)16-9-5-2-1-3-6-9/h2,4-8H,1,3,15H2,(H2,16,17,18). The Kier molecular flexibility index (Phi) is 4.23. The molecule has 1 aromatic carbocycles. The number of hydrogen-bond acceptors (Lipinski definition) is 2. The second kappa shape index (κ2) is 5.89. The van der Waals surface area contributed by atoms with Crippen LogP contribution < -0.4 is 16.4 Å². The molecule has 94 valence electrons. The van der Waals surface area contributed by atoms with Crippen LogP contribution in [0.4, 0.5) is 11.4 Å². The second-order valence-electron chi connectivity index (χ2n) is 3.92. The molecule has 0 saturated heterocycles. The number of thiocarbonyl (C=S) groups is 1. The predicted octanol–water partition coefficient (Wildman–Crippen LogP) is 3.44. The minimum atomic E-state index is 0.497. The Hall–Kier alpha value is -1.52. The first-order valence-electron chi connectivity index (χ1n) is 5.65. The van der Waals surface area contributed by atoms with Crippen LogP contribution in [0, 0.1) is 0 Å². The number of halogens is 1. The fourth-order valence-corrected chi connectivity index (χ4v) is 2.04. The molecule has 4 N–H and O–H groups in total. The molecule has 2 rings (SSSR count). The topological polar surface area (TPSA) is 50.1 Å². The number of nitrogen functional groups attached to an aromatic ring is 1. The number of anilines is 2. The average molecular weight is 280 g/mol. The van der Waals surface area contributed by atoms with E-state index in [4.69, 9.17) is 29.6 Å². The van der Waals surface area contributed by atoms with Gasteiger partial charge in [0, 0.05) is 5.70 Å². The Morgan fingerprint density at radius 2 is 2.11 bits per heavy atom. The van der Waals surface area contributed by atoms with Gasteiger partial charge >= 0.3 is 0 Å². The van der Waals surface area contributed by atoms with Crippen molar-refractivity contribution in [3.8, 4) is 0 Å². The van der Waals surface area contributed by atoms with E-state index in [1.165, 1.54) is 0 Å². The third-order valence-corrected chi connectivity index (χ3v) is 3.09. The van der Waals surface area contributed by atoms with Gasteiger partial charge in [-0.1, -0.05) is 29.8 Å². The summed E-state index contributed by atoms with van der Waals surface area (Å²) in [5, 5.41) is 7.16. The lowest BCUT2D eigenvalue weighted by Gasteiger charge is -2.14. The number of allylic oxidation sites excluding steroid dienone is 3. The SMILES string of the molecule is Nc1c(Cl)cccc1NC(=S)NC1=CCCC=C1. The highest BCUT2D eigenvalue weighted by atomic mass is 35.5. The van der Waals surface area contributed by atoms with Gasteiger partial charge in [-0.15, -0.1) is 0 Å². The molecule has 0 radical (unpaired) electrons. The van der Waals surface area contributed by atoms with Crippen molar-refractivity contribution in [3.63, 3.8) is 0 Å². The Morgan fingerprint density at radius 3 is 2.83 bits per heavy atom. The monoisotopic (exact) mass is 279 g/mol. The lowest BCUT2D eigenvalue weighted by atomic mass is 10.1. The zero-order chi connectivity index (χ0) is 13.0. The first kappa shape index (κ1) is 12.9. The maximum atomic E-state index is 5.94. The van der Waals surface area contributed by atoms with Gasteiger partial charge in [-0.3, -0.25) is 0 Å². The molecule has 3 nitrogen and oxygen atoms in total. The number of nitrogens with two attached hydrogens (primary N) is 1. The fraction of sp³-hybridized carbons (Fsp3) is 0.154. The van der Waals surface area contributed by atoms with Gasteiger partial charge in [0.25, 0.3) is 0 Å². The van der Waals surface area contributed by atoms with Crippen molar-refractivity contribution in [1.82, 2.24) is 5.32 Å². The van der Waals surface area contributed by atoms with E-state index in [2.05, 4.69) is 22.8 Å². The third kappa shape index (κ3) is 3.24. The molecule has 0 heterocycles. The van der Waals surface area contributed by atoms with Crippen molar-refractivity contribution < 1.29 is 0 Å². The van der Waals surface area contributed by atoms with Crippen molar-refractivity contribution in [1.29, 1.82) is 0 Å². The smallest absolute Gasteiger partial charge is 0.175 e. The number of para-hydroxylation sites is 1. The van der Waals surface area contributed by atoms with E-state index in [1.807, 2.05) is 18.2 Å². The zero-order valence-corrected chi connectivity index (χ0v) is 11.3. The second-order valence-corrected chi connectivity index (χ2v) is 4.73. The number of benzene rings is 1. The molecule has 1 aromatic rings. The van der Waals surface area contributed by atoms with E-state index >= 15 is 0 Å². The highest BCUT2D eigenvalue weighted by Gasteiger charge is 2.05. The molecule has 5 heteroatoms. The predicted molar refractivity (Wildman–Crippen MR) is 81.7 cm³/mol. The number of hydrogen-bond donors (Lipinski definition) is 3. The minimum Gasteiger partial charge on any atom is -0.396 e. The largest absolute Gasteiger partial charge is 0.396 e. The van der Waals surface area contributed by atoms with Crippen LogP contribution in [0.25, 0.3) is 0 Å². The summed E-state index contributed by atoms with van der Waals surface area (Å²) in [7, 11) is 0. The first-order valence-corrected chi connectivity index (χ1v) is 6.44. The molecule has 18 heavy (non-hydrogen) atoms. The minimum absolute atomic E-state index is 0.497. The summed E-state index contributed by atoms with van der Waals surface area (Å²) in [6.07, 6.45) is 8.33. The van der Waals surface area contributed by atoms with Crippen LogP contribution in [0.2, 0.25) is 5.02 Å². The molecule has 0 spiro atoms. The third-order valence-electron chi connectivity index (χ3n) is 2.55. The van der Waals surface area contributed by atoms with E-state index < -0.39 is 0 Å². The summed E-state index contributed by atoms with van der Waals surface area (Å²) in [6.45, 7) is 0. The van der Waals surface area contributed by atoms with Gasteiger partial charge in [0.15, 0.2) is 5.11 Å². The fourth-order valence-electron chi connectivity index (χ4n) is 1.64. The molecule has 0 atom stereocenters. The molecule has 0 saturated carbocycles. The van der Waals surface area contributed by atoms with Crippen LogP contribution in [0.5, 0.6) is 0 Å².